The summed E-state index contributed by atoms with van der Waals surface area (Å²) in [6, 6.07) is 13.7. The standard InChI is InChI=1S/C16H15FN2O2/c17-14-6-7-15(19(20)21)16(10-14)18-9-8-13(11-18)12-4-2-1-3-5-12/h1-7,10,13H,8-9,11H2. The van der Waals surface area contributed by atoms with Gasteiger partial charge < -0.3 is 4.90 Å². The average Bonchev–Trinajstić information content (AvgIpc) is 2.97. The molecule has 2 aromatic carbocycles. The first-order chi connectivity index (χ1) is 10.1. The Labute approximate surface area is 122 Å². The smallest absolute Gasteiger partial charge is 0.292 e. The van der Waals surface area contributed by atoms with E-state index in [1.807, 2.05) is 23.1 Å². The van der Waals surface area contributed by atoms with E-state index in [0.29, 0.717) is 24.7 Å². The van der Waals surface area contributed by atoms with Crippen molar-refractivity contribution in [3.63, 3.8) is 0 Å². The maximum atomic E-state index is 13.4. The Hall–Kier alpha value is -2.43. The molecule has 0 N–H and O–H groups in total. The number of anilines is 1. The molecule has 108 valence electrons. The largest absolute Gasteiger partial charge is 0.365 e. The summed E-state index contributed by atoms with van der Waals surface area (Å²) in [6.07, 6.45) is 0.914. The maximum Gasteiger partial charge on any atom is 0.292 e. The van der Waals surface area contributed by atoms with Crippen LogP contribution in [0.3, 0.4) is 0 Å². The lowest BCUT2D eigenvalue weighted by Gasteiger charge is -2.18. The molecule has 5 heteroatoms. The van der Waals surface area contributed by atoms with Gasteiger partial charge in [0.1, 0.15) is 11.5 Å². The second-order valence-electron chi connectivity index (χ2n) is 5.23. The fourth-order valence-electron chi connectivity index (χ4n) is 2.88. The average molecular weight is 286 g/mol. The summed E-state index contributed by atoms with van der Waals surface area (Å²) >= 11 is 0. The van der Waals surface area contributed by atoms with E-state index in [1.54, 1.807) is 0 Å². The Morgan fingerprint density at radius 2 is 1.95 bits per heavy atom. The third-order valence-corrected chi connectivity index (χ3v) is 3.93. The molecule has 3 rings (SSSR count). The summed E-state index contributed by atoms with van der Waals surface area (Å²) in [5, 5.41) is 11.1. The Bertz CT molecular complexity index is 661. The molecule has 1 fully saturated rings. The summed E-state index contributed by atoms with van der Waals surface area (Å²) < 4.78 is 13.4. The normalized spacial score (nSPS) is 18.0. The van der Waals surface area contributed by atoms with Gasteiger partial charge in [0.2, 0.25) is 0 Å². The zero-order valence-electron chi connectivity index (χ0n) is 11.4. The van der Waals surface area contributed by atoms with Crippen molar-refractivity contribution in [1.29, 1.82) is 0 Å². The van der Waals surface area contributed by atoms with Crippen molar-refractivity contribution in [3.8, 4) is 0 Å². The van der Waals surface area contributed by atoms with Gasteiger partial charge in [0.25, 0.3) is 5.69 Å². The van der Waals surface area contributed by atoms with Gasteiger partial charge in [-0.2, -0.15) is 0 Å². The Kier molecular flexibility index (Phi) is 3.56. The van der Waals surface area contributed by atoms with E-state index in [9.17, 15) is 14.5 Å². The first kappa shape index (κ1) is 13.5. The Morgan fingerprint density at radius 3 is 2.67 bits per heavy atom. The van der Waals surface area contributed by atoms with E-state index < -0.39 is 10.7 Å². The Morgan fingerprint density at radius 1 is 1.19 bits per heavy atom. The molecule has 0 amide bonds. The molecule has 2 aromatic rings. The minimum atomic E-state index is -0.454. The van der Waals surface area contributed by atoms with Crippen LogP contribution in [0.15, 0.2) is 48.5 Å². The second kappa shape index (κ2) is 5.52. The number of rotatable bonds is 3. The highest BCUT2D eigenvalue weighted by Crippen LogP contribution is 2.35. The van der Waals surface area contributed by atoms with Crippen LogP contribution in [0.2, 0.25) is 0 Å². The van der Waals surface area contributed by atoms with Crippen LogP contribution in [0, 0.1) is 15.9 Å². The van der Waals surface area contributed by atoms with Crippen LogP contribution < -0.4 is 4.90 Å². The van der Waals surface area contributed by atoms with E-state index in [2.05, 4.69) is 12.1 Å². The summed E-state index contributed by atoms with van der Waals surface area (Å²) in [6.45, 7) is 1.37. The van der Waals surface area contributed by atoms with Crippen LogP contribution in [-0.2, 0) is 0 Å². The van der Waals surface area contributed by atoms with Crippen LogP contribution in [0.4, 0.5) is 15.8 Å². The van der Waals surface area contributed by atoms with Crippen molar-refractivity contribution in [3.05, 3.63) is 70.0 Å². The molecule has 1 heterocycles. The fraction of sp³-hybridized carbons (Fsp3) is 0.250. The van der Waals surface area contributed by atoms with Gasteiger partial charge >= 0.3 is 0 Å². The molecule has 0 saturated carbocycles. The number of hydrogen-bond donors (Lipinski definition) is 0. The molecule has 1 saturated heterocycles. The lowest BCUT2D eigenvalue weighted by molar-refractivity contribution is -0.384. The van der Waals surface area contributed by atoms with E-state index in [0.717, 1.165) is 12.5 Å². The monoisotopic (exact) mass is 286 g/mol. The number of halogens is 1. The third-order valence-electron chi connectivity index (χ3n) is 3.93. The zero-order valence-corrected chi connectivity index (χ0v) is 11.4. The first-order valence-corrected chi connectivity index (χ1v) is 6.89. The molecule has 0 bridgehead atoms. The maximum absolute atomic E-state index is 13.4. The van der Waals surface area contributed by atoms with E-state index in [4.69, 9.17) is 0 Å². The van der Waals surface area contributed by atoms with Crippen molar-refractivity contribution in [2.24, 2.45) is 0 Å². The zero-order chi connectivity index (χ0) is 14.8. The SMILES string of the molecule is O=[N+]([O-])c1ccc(F)cc1N1CCC(c2ccccc2)C1. The molecule has 0 aliphatic carbocycles. The lowest BCUT2D eigenvalue weighted by atomic mass is 9.99. The van der Waals surface area contributed by atoms with Crippen molar-refractivity contribution < 1.29 is 9.31 Å². The highest BCUT2D eigenvalue weighted by atomic mass is 19.1. The number of nitro benzene ring substituents is 1. The van der Waals surface area contributed by atoms with Crippen molar-refractivity contribution in [2.45, 2.75) is 12.3 Å². The highest BCUT2D eigenvalue weighted by molar-refractivity contribution is 5.64. The van der Waals surface area contributed by atoms with Gasteiger partial charge in [-0.25, -0.2) is 4.39 Å². The van der Waals surface area contributed by atoms with E-state index in [-0.39, 0.29) is 5.69 Å². The van der Waals surface area contributed by atoms with Gasteiger partial charge in [0, 0.05) is 31.1 Å². The minimum absolute atomic E-state index is 0.0369. The van der Waals surface area contributed by atoms with Crippen molar-refractivity contribution in [2.75, 3.05) is 18.0 Å². The fourth-order valence-corrected chi connectivity index (χ4v) is 2.88. The quantitative estimate of drug-likeness (QED) is 0.638. The van der Waals surface area contributed by atoms with Crippen LogP contribution in [-0.4, -0.2) is 18.0 Å². The van der Waals surface area contributed by atoms with Crippen LogP contribution in [0.25, 0.3) is 0 Å². The molecule has 0 spiro atoms. The van der Waals surface area contributed by atoms with Crippen LogP contribution >= 0.6 is 0 Å². The first-order valence-electron chi connectivity index (χ1n) is 6.89. The van der Waals surface area contributed by atoms with Gasteiger partial charge in [0.15, 0.2) is 0 Å². The molecule has 0 radical (unpaired) electrons. The van der Waals surface area contributed by atoms with E-state index >= 15 is 0 Å². The van der Waals surface area contributed by atoms with Crippen molar-refractivity contribution in [1.82, 2.24) is 0 Å². The molecule has 1 unspecified atom stereocenters. The predicted octanol–water partition coefficient (Wildman–Crippen LogP) is 3.73. The molecule has 21 heavy (non-hydrogen) atoms. The van der Waals surface area contributed by atoms with E-state index in [1.165, 1.54) is 17.7 Å². The summed E-state index contributed by atoms with van der Waals surface area (Å²) in [5.41, 5.74) is 1.56. The molecule has 0 aromatic heterocycles. The molecule has 1 atom stereocenters. The highest BCUT2D eigenvalue weighted by Gasteiger charge is 2.28. The molecular formula is C16H15FN2O2. The van der Waals surface area contributed by atoms with Gasteiger partial charge in [-0.3, -0.25) is 10.1 Å². The third kappa shape index (κ3) is 2.72. The van der Waals surface area contributed by atoms with Gasteiger partial charge in [-0.05, 0) is 18.1 Å². The molecular weight excluding hydrogens is 271 g/mol. The Balaban J connectivity index is 1.86. The summed E-state index contributed by atoms with van der Waals surface area (Å²) in [7, 11) is 0. The summed E-state index contributed by atoms with van der Waals surface area (Å²) in [4.78, 5) is 12.5. The lowest BCUT2D eigenvalue weighted by Crippen LogP contribution is -2.20. The number of hydrogen-bond acceptors (Lipinski definition) is 3. The topological polar surface area (TPSA) is 46.4 Å². The summed E-state index contributed by atoms with van der Waals surface area (Å²) in [5.74, 6) is -0.118. The van der Waals surface area contributed by atoms with Gasteiger partial charge in [0.05, 0.1) is 4.92 Å². The molecule has 4 nitrogen and oxygen atoms in total. The number of benzene rings is 2. The predicted molar refractivity (Wildman–Crippen MR) is 79.1 cm³/mol. The van der Waals surface area contributed by atoms with Gasteiger partial charge in [-0.15, -0.1) is 0 Å². The number of nitrogens with zero attached hydrogens (tertiary/aromatic N) is 2. The number of nitro groups is 1. The van der Waals surface area contributed by atoms with Crippen LogP contribution in [0.5, 0.6) is 0 Å². The van der Waals surface area contributed by atoms with Crippen molar-refractivity contribution >= 4 is 11.4 Å². The van der Waals surface area contributed by atoms with Crippen LogP contribution in [0.1, 0.15) is 17.9 Å². The molecule has 1 aliphatic heterocycles. The minimum Gasteiger partial charge on any atom is -0.365 e. The van der Waals surface area contributed by atoms with Gasteiger partial charge in [-0.1, -0.05) is 30.3 Å². The second-order valence-corrected chi connectivity index (χ2v) is 5.23. The molecule has 1 aliphatic rings.